The molecule has 6 heteroatoms. The molecule has 0 radical (unpaired) electrons. The highest BCUT2D eigenvalue weighted by Crippen LogP contribution is 2.24. The summed E-state index contributed by atoms with van der Waals surface area (Å²) in [5, 5.41) is 13.6. The van der Waals surface area contributed by atoms with Crippen LogP contribution >= 0.6 is 0 Å². The van der Waals surface area contributed by atoms with Crippen molar-refractivity contribution in [2.45, 2.75) is 26.0 Å². The summed E-state index contributed by atoms with van der Waals surface area (Å²) in [4.78, 5) is 23.7. The third kappa shape index (κ3) is 5.07. The molecule has 0 saturated carbocycles. The number of hydrogen-bond donors (Lipinski definition) is 2. The number of rotatable bonds is 8. The van der Waals surface area contributed by atoms with Crippen LogP contribution in [0.4, 0.5) is 5.69 Å². The van der Waals surface area contributed by atoms with Gasteiger partial charge in [-0.2, -0.15) is 0 Å². The minimum atomic E-state index is -1.37. The van der Waals surface area contributed by atoms with Gasteiger partial charge < -0.3 is 19.9 Å². The molecule has 2 aromatic rings. The van der Waals surface area contributed by atoms with Crippen molar-refractivity contribution in [3.63, 3.8) is 0 Å². The number of benzene rings is 2. The number of aliphatic hydroxyl groups excluding tert-OH is 1. The number of carbonyl (C=O) groups is 2. The Balaban J connectivity index is 2.21. The first-order chi connectivity index (χ1) is 12.6. The van der Waals surface area contributed by atoms with Gasteiger partial charge in [0.15, 0.2) is 6.10 Å². The Hall–Kier alpha value is -2.86. The lowest BCUT2D eigenvalue weighted by molar-refractivity contribution is -0.153. The molecule has 0 aliphatic heterocycles. The summed E-state index contributed by atoms with van der Waals surface area (Å²) in [5.74, 6) is -1.10. The Morgan fingerprint density at radius 1 is 0.962 bits per heavy atom. The molecule has 2 N–H and O–H groups in total. The van der Waals surface area contributed by atoms with Gasteiger partial charge in [0.1, 0.15) is 0 Å². The summed E-state index contributed by atoms with van der Waals surface area (Å²) in [6.45, 7) is 3.92. The molecule has 6 nitrogen and oxygen atoms in total. The fraction of sp³-hybridized carbons (Fsp3) is 0.300. The molecular weight excluding hydrogens is 334 g/mol. The molecule has 138 valence electrons. The van der Waals surface area contributed by atoms with Gasteiger partial charge >= 0.3 is 11.9 Å². The third-order valence-corrected chi connectivity index (χ3v) is 3.72. The van der Waals surface area contributed by atoms with E-state index >= 15 is 0 Å². The van der Waals surface area contributed by atoms with Crippen molar-refractivity contribution >= 4 is 17.6 Å². The van der Waals surface area contributed by atoms with E-state index in [1.807, 2.05) is 30.3 Å². The smallest absolute Gasteiger partial charge is 0.338 e. The molecule has 0 heterocycles. The van der Waals surface area contributed by atoms with Crippen molar-refractivity contribution in [1.29, 1.82) is 0 Å². The first kappa shape index (κ1) is 19.5. The number of anilines is 1. The summed E-state index contributed by atoms with van der Waals surface area (Å²) < 4.78 is 9.89. The molecule has 0 bridgehead atoms. The van der Waals surface area contributed by atoms with E-state index in [2.05, 4.69) is 5.32 Å². The highest BCUT2D eigenvalue weighted by molar-refractivity contribution is 5.89. The van der Waals surface area contributed by atoms with Gasteiger partial charge in [0.2, 0.25) is 0 Å². The molecule has 2 rings (SSSR count). The zero-order valence-corrected chi connectivity index (χ0v) is 14.8. The molecule has 0 amide bonds. The zero-order valence-electron chi connectivity index (χ0n) is 14.8. The van der Waals surface area contributed by atoms with E-state index in [0.29, 0.717) is 17.9 Å². The second-order valence-corrected chi connectivity index (χ2v) is 5.53. The Kier molecular flexibility index (Phi) is 7.17. The molecule has 0 saturated heterocycles. The standard InChI is InChI=1S/C20H23NO5/c1-3-25-19(23)15-10-12-16(13-11-15)21-17(14-8-6-5-7-9-14)18(22)20(24)26-4-2/h5-13,17-18,21-22H,3-4H2,1-2H3/t17-,18-/m0/s1. The van der Waals surface area contributed by atoms with Crippen LogP contribution in [0.3, 0.4) is 0 Å². The van der Waals surface area contributed by atoms with Crippen LogP contribution in [0.15, 0.2) is 54.6 Å². The van der Waals surface area contributed by atoms with Gasteiger partial charge in [0.25, 0.3) is 0 Å². The molecule has 0 unspecified atom stereocenters. The van der Waals surface area contributed by atoms with Crippen LogP contribution in [-0.2, 0) is 14.3 Å². The number of aliphatic hydroxyl groups is 1. The molecule has 0 aliphatic carbocycles. The lowest BCUT2D eigenvalue weighted by atomic mass is 10.0. The van der Waals surface area contributed by atoms with Crippen LogP contribution in [0, 0.1) is 0 Å². The van der Waals surface area contributed by atoms with Crippen molar-refractivity contribution in [1.82, 2.24) is 0 Å². The van der Waals surface area contributed by atoms with Crippen molar-refractivity contribution < 1.29 is 24.2 Å². The topological polar surface area (TPSA) is 84.9 Å². The predicted molar refractivity (Wildman–Crippen MR) is 97.8 cm³/mol. The molecule has 0 aliphatic rings. The van der Waals surface area contributed by atoms with Crippen molar-refractivity contribution in [2.24, 2.45) is 0 Å². The number of hydrogen-bond acceptors (Lipinski definition) is 6. The van der Waals surface area contributed by atoms with E-state index in [1.165, 1.54) is 0 Å². The Morgan fingerprint density at radius 3 is 2.15 bits per heavy atom. The summed E-state index contributed by atoms with van der Waals surface area (Å²) in [6, 6.07) is 15.1. The average molecular weight is 357 g/mol. The van der Waals surface area contributed by atoms with Crippen LogP contribution < -0.4 is 5.32 Å². The Bertz CT molecular complexity index is 715. The fourth-order valence-electron chi connectivity index (χ4n) is 2.47. The second-order valence-electron chi connectivity index (χ2n) is 5.53. The van der Waals surface area contributed by atoms with E-state index in [1.54, 1.807) is 38.1 Å². The Morgan fingerprint density at radius 2 is 1.58 bits per heavy atom. The van der Waals surface area contributed by atoms with E-state index in [4.69, 9.17) is 9.47 Å². The number of nitrogens with one attached hydrogen (secondary N) is 1. The maximum absolute atomic E-state index is 12.0. The molecule has 0 spiro atoms. The molecule has 0 fully saturated rings. The van der Waals surface area contributed by atoms with Gasteiger partial charge in [-0.25, -0.2) is 9.59 Å². The highest BCUT2D eigenvalue weighted by Gasteiger charge is 2.28. The quantitative estimate of drug-likeness (QED) is 0.707. The fourth-order valence-corrected chi connectivity index (χ4v) is 2.47. The van der Waals surface area contributed by atoms with Crippen LogP contribution in [0.5, 0.6) is 0 Å². The zero-order chi connectivity index (χ0) is 18.9. The van der Waals surface area contributed by atoms with E-state index in [-0.39, 0.29) is 6.61 Å². The van der Waals surface area contributed by atoms with Gasteiger partial charge in [-0.05, 0) is 43.7 Å². The lowest BCUT2D eigenvalue weighted by Gasteiger charge is -2.24. The monoisotopic (exact) mass is 357 g/mol. The van der Waals surface area contributed by atoms with Gasteiger partial charge in [-0.1, -0.05) is 30.3 Å². The summed E-state index contributed by atoms with van der Waals surface area (Å²) in [7, 11) is 0. The van der Waals surface area contributed by atoms with Crippen molar-refractivity contribution in [3.05, 3.63) is 65.7 Å². The molecule has 2 aromatic carbocycles. The Labute approximate surface area is 152 Å². The van der Waals surface area contributed by atoms with E-state index < -0.39 is 24.1 Å². The predicted octanol–water partition coefficient (Wildman–Crippen LogP) is 2.94. The first-order valence-electron chi connectivity index (χ1n) is 8.50. The average Bonchev–Trinajstić information content (AvgIpc) is 2.67. The molecule has 2 atom stereocenters. The molecule has 0 aromatic heterocycles. The van der Waals surface area contributed by atoms with Crippen LogP contribution in [0.25, 0.3) is 0 Å². The number of esters is 2. The number of carbonyl (C=O) groups excluding carboxylic acids is 2. The van der Waals surface area contributed by atoms with Crippen molar-refractivity contribution in [2.75, 3.05) is 18.5 Å². The minimum Gasteiger partial charge on any atom is -0.464 e. The SMILES string of the molecule is CCOC(=O)c1ccc(N[C@@H](c2ccccc2)[C@H](O)C(=O)OCC)cc1. The van der Waals surface area contributed by atoms with Gasteiger partial charge in [-0.15, -0.1) is 0 Å². The maximum atomic E-state index is 12.0. The molecular formula is C20H23NO5. The largest absolute Gasteiger partial charge is 0.464 e. The highest BCUT2D eigenvalue weighted by atomic mass is 16.5. The van der Waals surface area contributed by atoms with Crippen molar-refractivity contribution in [3.8, 4) is 0 Å². The maximum Gasteiger partial charge on any atom is 0.338 e. The second kappa shape index (κ2) is 9.58. The first-order valence-corrected chi connectivity index (χ1v) is 8.50. The van der Waals surface area contributed by atoms with E-state index in [9.17, 15) is 14.7 Å². The van der Waals surface area contributed by atoms with Gasteiger partial charge in [0, 0.05) is 5.69 Å². The van der Waals surface area contributed by atoms with E-state index in [0.717, 1.165) is 5.56 Å². The van der Waals surface area contributed by atoms with Gasteiger partial charge in [0.05, 0.1) is 24.8 Å². The number of ether oxygens (including phenoxy) is 2. The lowest BCUT2D eigenvalue weighted by Crippen LogP contribution is -2.34. The third-order valence-electron chi connectivity index (χ3n) is 3.72. The van der Waals surface area contributed by atoms with Crippen LogP contribution in [0.2, 0.25) is 0 Å². The normalized spacial score (nSPS) is 12.7. The van der Waals surface area contributed by atoms with Gasteiger partial charge in [-0.3, -0.25) is 0 Å². The summed E-state index contributed by atoms with van der Waals surface area (Å²) >= 11 is 0. The summed E-state index contributed by atoms with van der Waals surface area (Å²) in [5.41, 5.74) is 1.82. The molecule has 26 heavy (non-hydrogen) atoms. The van der Waals surface area contributed by atoms with Crippen LogP contribution in [0.1, 0.15) is 35.8 Å². The van der Waals surface area contributed by atoms with Crippen LogP contribution in [-0.4, -0.2) is 36.4 Å². The summed E-state index contributed by atoms with van der Waals surface area (Å²) in [6.07, 6.45) is -1.37. The minimum absolute atomic E-state index is 0.186.